The third-order valence-electron chi connectivity index (χ3n) is 3.42. The summed E-state index contributed by atoms with van der Waals surface area (Å²) in [5.74, 6) is -3.81. The van der Waals surface area contributed by atoms with E-state index in [0.717, 1.165) is 0 Å². The van der Waals surface area contributed by atoms with Gasteiger partial charge in [-0.15, -0.1) is 0 Å². The molecule has 26 heavy (non-hydrogen) atoms. The van der Waals surface area contributed by atoms with Crippen LogP contribution >= 0.6 is 0 Å². The van der Waals surface area contributed by atoms with E-state index in [1.165, 1.54) is 12.5 Å². The number of aliphatic carboxylic acids is 2. The van der Waals surface area contributed by atoms with Crippen molar-refractivity contribution in [3.63, 3.8) is 0 Å². The highest BCUT2D eigenvalue weighted by molar-refractivity contribution is 5.87. The van der Waals surface area contributed by atoms with E-state index in [4.69, 9.17) is 16.6 Å². The number of hydrogen-bond donors (Lipinski definition) is 7. The molecule has 0 aliphatic heterocycles. The van der Waals surface area contributed by atoms with Crippen LogP contribution in [0.25, 0.3) is 0 Å². The predicted molar refractivity (Wildman–Crippen MR) is 87.7 cm³/mol. The fourth-order valence-corrected chi connectivity index (χ4v) is 2.18. The molecule has 0 aliphatic rings. The maximum absolute atomic E-state index is 11.8. The van der Waals surface area contributed by atoms with Gasteiger partial charge in [-0.05, 0) is 0 Å². The molecule has 1 aromatic heterocycles. The molecule has 9 N–H and O–H groups in total. The van der Waals surface area contributed by atoms with Crippen LogP contribution in [0, 0.1) is 0 Å². The van der Waals surface area contributed by atoms with Crippen LogP contribution in [0.4, 0.5) is 0 Å². The fraction of sp³-hybridized carbons (Fsp3) is 0.500. The summed E-state index contributed by atoms with van der Waals surface area (Å²) in [5, 5.41) is 23.4. The molecule has 12 nitrogen and oxygen atoms in total. The Morgan fingerprint density at radius 1 is 1.23 bits per heavy atom. The number of aromatic nitrogens is 2. The second-order valence-electron chi connectivity index (χ2n) is 5.66. The molecule has 0 fully saturated rings. The standard InChI is InChI=1S/C14H22N6O6/c15-9(3-11(16)21)13(24)18-5-8(2-12(22)23)20-10(14(25)26)1-7-4-17-6-19-7/h4,6,8-10,20H,1-3,5,15H2,(H2,16,21)(H,17,19)(H,18,24)(H,22,23)(H,25,26)/t8?,9-,10-/m0/s1. The number of carboxylic acid groups (broad SMARTS) is 2. The van der Waals surface area contributed by atoms with Gasteiger partial charge in [-0.3, -0.25) is 24.5 Å². The molecule has 0 aromatic carbocycles. The first-order chi connectivity index (χ1) is 12.2. The van der Waals surface area contributed by atoms with Crippen molar-refractivity contribution in [2.24, 2.45) is 11.5 Å². The molecule has 144 valence electrons. The number of nitrogens with one attached hydrogen (secondary N) is 3. The summed E-state index contributed by atoms with van der Waals surface area (Å²) in [7, 11) is 0. The Bertz CT molecular complexity index is 634. The van der Waals surface area contributed by atoms with Crippen molar-refractivity contribution < 1.29 is 29.4 Å². The maximum Gasteiger partial charge on any atom is 0.321 e. The van der Waals surface area contributed by atoms with E-state index in [1.54, 1.807) is 0 Å². The van der Waals surface area contributed by atoms with Crippen molar-refractivity contribution in [2.75, 3.05) is 6.54 Å². The lowest BCUT2D eigenvalue weighted by Gasteiger charge is -2.23. The van der Waals surface area contributed by atoms with Gasteiger partial charge in [-0.2, -0.15) is 0 Å². The molecule has 0 spiro atoms. The van der Waals surface area contributed by atoms with Crippen molar-refractivity contribution in [2.45, 2.75) is 37.4 Å². The van der Waals surface area contributed by atoms with E-state index >= 15 is 0 Å². The minimum atomic E-state index is -1.19. The van der Waals surface area contributed by atoms with Crippen molar-refractivity contribution in [3.05, 3.63) is 18.2 Å². The zero-order chi connectivity index (χ0) is 19.7. The number of primary amides is 1. The number of nitrogens with zero attached hydrogens (tertiary/aromatic N) is 1. The summed E-state index contributed by atoms with van der Waals surface area (Å²) in [4.78, 5) is 51.5. The Balaban J connectivity index is 2.68. The average Bonchev–Trinajstić information content (AvgIpc) is 3.03. The van der Waals surface area contributed by atoms with E-state index in [9.17, 15) is 24.3 Å². The van der Waals surface area contributed by atoms with Gasteiger partial charge in [0.2, 0.25) is 11.8 Å². The lowest BCUT2D eigenvalue weighted by Crippen LogP contribution is -2.52. The molecular formula is C14H22N6O6. The first kappa shape index (κ1) is 21.1. The molecule has 12 heteroatoms. The van der Waals surface area contributed by atoms with Crippen LogP contribution in [-0.4, -0.2) is 68.6 Å². The van der Waals surface area contributed by atoms with Crippen LogP contribution in [0.5, 0.6) is 0 Å². The smallest absolute Gasteiger partial charge is 0.321 e. The van der Waals surface area contributed by atoms with Crippen LogP contribution in [0.1, 0.15) is 18.5 Å². The van der Waals surface area contributed by atoms with Gasteiger partial charge in [-0.1, -0.05) is 0 Å². The van der Waals surface area contributed by atoms with Gasteiger partial charge in [-0.25, -0.2) is 4.98 Å². The number of imidazole rings is 1. The number of H-pyrrole nitrogens is 1. The van der Waals surface area contributed by atoms with Gasteiger partial charge in [0.1, 0.15) is 6.04 Å². The normalized spacial score (nSPS) is 14.2. The van der Waals surface area contributed by atoms with Gasteiger partial charge in [0, 0.05) is 30.9 Å². The van der Waals surface area contributed by atoms with Crippen LogP contribution in [0.15, 0.2) is 12.5 Å². The lowest BCUT2D eigenvalue weighted by molar-refractivity contribution is -0.141. The molecule has 1 aromatic rings. The van der Waals surface area contributed by atoms with Gasteiger partial charge in [0.15, 0.2) is 0 Å². The molecule has 1 unspecified atom stereocenters. The van der Waals surface area contributed by atoms with E-state index in [1.807, 2.05) is 0 Å². The fourth-order valence-electron chi connectivity index (χ4n) is 2.18. The second-order valence-corrected chi connectivity index (χ2v) is 5.66. The molecule has 0 saturated heterocycles. The first-order valence-corrected chi connectivity index (χ1v) is 7.68. The molecular weight excluding hydrogens is 348 g/mol. The Morgan fingerprint density at radius 3 is 2.42 bits per heavy atom. The Morgan fingerprint density at radius 2 is 1.92 bits per heavy atom. The molecule has 0 bridgehead atoms. The van der Waals surface area contributed by atoms with E-state index < -0.39 is 48.3 Å². The molecule has 0 saturated carbocycles. The molecule has 0 aliphatic carbocycles. The Kier molecular flexibility index (Phi) is 8.18. The predicted octanol–water partition coefficient (Wildman–Crippen LogP) is -2.84. The van der Waals surface area contributed by atoms with Crippen LogP contribution in [-0.2, 0) is 25.6 Å². The third-order valence-corrected chi connectivity index (χ3v) is 3.42. The van der Waals surface area contributed by atoms with Gasteiger partial charge < -0.3 is 32.0 Å². The number of carboxylic acids is 2. The third kappa shape index (κ3) is 7.72. The molecule has 2 amide bonds. The monoisotopic (exact) mass is 370 g/mol. The number of hydrogen-bond acceptors (Lipinski definition) is 7. The Hall–Kier alpha value is -2.99. The second kappa shape index (κ2) is 10.1. The number of aromatic amines is 1. The summed E-state index contributed by atoms with van der Waals surface area (Å²) < 4.78 is 0. The largest absolute Gasteiger partial charge is 0.481 e. The van der Waals surface area contributed by atoms with Crippen molar-refractivity contribution in [1.29, 1.82) is 0 Å². The van der Waals surface area contributed by atoms with E-state index in [0.29, 0.717) is 5.69 Å². The lowest BCUT2D eigenvalue weighted by atomic mass is 10.1. The molecule has 0 radical (unpaired) electrons. The van der Waals surface area contributed by atoms with Crippen molar-refractivity contribution in [3.8, 4) is 0 Å². The van der Waals surface area contributed by atoms with Crippen molar-refractivity contribution in [1.82, 2.24) is 20.6 Å². The van der Waals surface area contributed by atoms with E-state index in [2.05, 4.69) is 20.6 Å². The minimum absolute atomic E-state index is 0.0423. The summed E-state index contributed by atoms with van der Waals surface area (Å²) in [6.45, 7) is -0.190. The van der Waals surface area contributed by atoms with Gasteiger partial charge >= 0.3 is 11.9 Å². The Labute approximate surface area is 148 Å². The zero-order valence-corrected chi connectivity index (χ0v) is 13.8. The number of amides is 2. The summed E-state index contributed by atoms with van der Waals surface area (Å²) >= 11 is 0. The van der Waals surface area contributed by atoms with Crippen LogP contribution in [0.2, 0.25) is 0 Å². The summed E-state index contributed by atoms with van der Waals surface area (Å²) in [5.41, 5.74) is 11.0. The molecule has 1 heterocycles. The molecule has 1 rings (SSSR count). The first-order valence-electron chi connectivity index (χ1n) is 7.68. The number of nitrogens with two attached hydrogens (primary N) is 2. The highest BCUT2D eigenvalue weighted by atomic mass is 16.4. The highest BCUT2D eigenvalue weighted by Gasteiger charge is 2.25. The SMILES string of the molecule is NC(=O)C[C@H](N)C(=O)NCC(CC(=O)O)N[C@@H](Cc1cnc[nH]1)C(=O)O. The number of carbonyl (C=O) groups excluding carboxylic acids is 2. The minimum Gasteiger partial charge on any atom is -0.481 e. The summed E-state index contributed by atoms with van der Waals surface area (Å²) in [6.07, 6.45) is 2.09. The van der Waals surface area contributed by atoms with Crippen molar-refractivity contribution >= 4 is 23.8 Å². The number of carbonyl (C=O) groups is 4. The van der Waals surface area contributed by atoms with Gasteiger partial charge in [0.25, 0.3) is 0 Å². The number of rotatable bonds is 12. The maximum atomic E-state index is 11.8. The topological polar surface area (TPSA) is 214 Å². The molecule has 3 atom stereocenters. The quantitative estimate of drug-likeness (QED) is 0.201. The van der Waals surface area contributed by atoms with Gasteiger partial charge in [0.05, 0.1) is 25.2 Å². The van der Waals surface area contributed by atoms with Crippen LogP contribution in [0.3, 0.4) is 0 Å². The summed E-state index contributed by atoms with van der Waals surface area (Å²) in [6, 6.07) is -3.14. The average molecular weight is 370 g/mol. The highest BCUT2D eigenvalue weighted by Crippen LogP contribution is 2.02. The zero-order valence-electron chi connectivity index (χ0n) is 13.8. The van der Waals surface area contributed by atoms with Crippen LogP contribution < -0.4 is 22.1 Å². The van der Waals surface area contributed by atoms with E-state index in [-0.39, 0.29) is 19.4 Å².